The highest BCUT2D eigenvalue weighted by molar-refractivity contribution is 5.64. The van der Waals surface area contributed by atoms with E-state index >= 15 is 4.39 Å². The fourth-order valence-electron chi connectivity index (χ4n) is 5.78. The SMILES string of the molecule is Cc1nnnn1-c1cc(Nc2ncc(F)c(NC3CC4CCCN4C(C)(C)C3)n2)c(F)cc1OC1COC1. The molecule has 0 saturated carbocycles. The van der Waals surface area contributed by atoms with E-state index in [0.717, 1.165) is 32.0 Å². The lowest BCUT2D eigenvalue weighted by atomic mass is 9.84. The average Bonchev–Trinajstić information content (AvgIpc) is 3.49. The van der Waals surface area contributed by atoms with E-state index < -0.39 is 11.6 Å². The smallest absolute Gasteiger partial charge is 0.229 e. The van der Waals surface area contributed by atoms with E-state index in [-0.39, 0.29) is 40.9 Å². The number of fused-ring (bicyclic) bond motifs is 1. The topological polar surface area (TPSA) is 115 Å². The van der Waals surface area contributed by atoms with Crippen LogP contribution in [0.15, 0.2) is 18.3 Å². The summed E-state index contributed by atoms with van der Waals surface area (Å²) in [5.41, 5.74) is 0.532. The Bertz CT molecular complexity index is 1330. The Hall–Kier alpha value is -3.45. The van der Waals surface area contributed by atoms with Crippen molar-refractivity contribution in [3.63, 3.8) is 0 Å². The highest BCUT2D eigenvalue weighted by Crippen LogP contribution is 2.39. The maximum atomic E-state index is 15.2. The number of rotatable bonds is 7. The van der Waals surface area contributed by atoms with Crippen LogP contribution in [0.25, 0.3) is 5.69 Å². The minimum atomic E-state index is -0.590. The van der Waals surface area contributed by atoms with E-state index in [2.05, 4.69) is 54.9 Å². The van der Waals surface area contributed by atoms with Gasteiger partial charge in [0.15, 0.2) is 23.3 Å². The minimum absolute atomic E-state index is 0.0188. The third kappa shape index (κ3) is 4.75. The second-order valence-corrected chi connectivity index (χ2v) is 10.8. The number of tetrazole rings is 1. The number of nitrogens with zero attached hydrogens (tertiary/aromatic N) is 7. The molecule has 3 aliphatic rings. The molecular formula is C25H31F2N9O2. The van der Waals surface area contributed by atoms with Crippen LogP contribution in [0.1, 0.15) is 45.4 Å². The quantitative estimate of drug-likeness (QED) is 0.474. The monoisotopic (exact) mass is 527 g/mol. The molecule has 0 amide bonds. The Morgan fingerprint density at radius 2 is 2.03 bits per heavy atom. The Kier molecular flexibility index (Phi) is 6.34. The zero-order valence-electron chi connectivity index (χ0n) is 21.6. The van der Waals surface area contributed by atoms with E-state index in [1.54, 1.807) is 6.92 Å². The van der Waals surface area contributed by atoms with Crippen molar-refractivity contribution in [3.05, 3.63) is 35.8 Å². The van der Waals surface area contributed by atoms with Gasteiger partial charge in [-0.2, -0.15) is 9.67 Å². The van der Waals surface area contributed by atoms with Crippen molar-refractivity contribution >= 4 is 17.5 Å². The van der Waals surface area contributed by atoms with Crippen LogP contribution < -0.4 is 15.4 Å². The molecule has 13 heteroatoms. The summed E-state index contributed by atoms with van der Waals surface area (Å²) in [4.78, 5) is 11.0. The van der Waals surface area contributed by atoms with Crippen molar-refractivity contribution in [1.82, 2.24) is 35.1 Å². The molecule has 2 N–H and O–H groups in total. The third-order valence-electron chi connectivity index (χ3n) is 7.59. The summed E-state index contributed by atoms with van der Waals surface area (Å²) in [6.07, 6.45) is 5.03. The molecular weight excluding hydrogens is 496 g/mol. The summed E-state index contributed by atoms with van der Waals surface area (Å²) in [5.74, 6) is -0.216. The van der Waals surface area contributed by atoms with Crippen LogP contribution in [0.2, 0.25) is 0 Å². The molecule has 6 rings (SSSR count). The molecule has 1 aromatic carbocycles. The normalized spacial score (nSPS) is 23.1. The second-order valence-electron chi connectivity index (χ2n) is 10.8. The molecule has 3 aliphatic heterocycles. The van der Waals surface area contributed by atoms with Crippen LogP contribution in [0.5, 0.6) is 5.75 Å². The summed E-state index contributed by atoms with van der Waals surface area (Å²) in [6.45, 7) is 8.15. The highest BCUT2D eigenvalue weighted by Gasteiger charge is 2.43. The third-order valence-corrected chi connectivity index (χ3v) is 7.59. The van der Waals surface area contributed by atoms with Crippen molar-refractivity contribution in [1.29, 1.82) is 0 Å². The number of aromatic nitrogens is 6. The first-order chi connectivity index (χ1) is 18.3. The number of hydrogen-bond donors (Lipinski definition) is 2. The largest absolute Gasteiger partial charge is 0.483 e. The molecule has 0 spiro atoms. The van der Waals surface area contributed by atoms with Gasteiger partial charge in [-0.05, 0) is 69.5 Å². The van der Waals surface area contributed by atoms with Gasteiger partial charge in [-0.25, -0.2) is 13.8 Å². The maximum Gasteiger partial charge on any atom is 0.229 e. The van der Waals surface area contributed by atoms with Gasteiger partial charge in [0, 0.05) is 23.7 Å². The van der Waals surface area contributed by atoms with Gasteiger partial charge in [0.1, 0.15) is 17.5 Å². The first kappa shape index (κ1) is 24.9. The lowest BCUT2D eigenvalue weighted by Gasteiger charge is -2.47. The Labute approximate surface area is 218 Å². The lowest BCUT2D eigenvalue weighted by Crippen LogP contribution is -2.55. The molecule has 3 saturated heterocycles. The predicted octanol–water partition coefficient (Wildman–Crippen LogP) is 3.38. The number of ether oxygens (including phenoxy) is 2. The molecule has 11 nitrogen and oxygen atoms in total. The van der Waals surface area contributed by atoms with Crippen LogP contribution in [0, 0.1) is 18.6 Å². The fourth-order valence-corrected chi connectivity index (χ4v) is 5.78. The van der Waals surface area contributed by atoms with Crippen LogP contribution in [0.3, 0.4) is 0 Å². The van der Waals surface area contributed by atoms with E-state index in [9.17, 15) is 4.39 Å². The molecule has 2 unspecified atom stereocenters. The van der Waals surface area contributed by atoms with Crippen LogP contribution in [-0.2, 0) is 4.74 Å². The zero-order chi connectivity index (χ0) is 26.4. The lowest BCUT2D eigenvalue weighted by molar-refractivity contribution is -0.0797. The van der Waals surface area contributed by atoms with Crippen molar-refractivity contribution < 1.29 is 18.3 Å². The molecule has 5 heterocycles. The predicted molar refractivity (Wildman–Crippen MR) is 135 cm³/mol. The number of nitrogens with one attached hydrogen (secondary N) is 2. The standard InChI is InChI=1S/C25H31F2N9O2/c1-14-32-33-34-36(14)21-9-20(18(26)8-22(21)38-17-12-37-13-17)30-24-28-11-19(27)23(31-24)29-15-7-16-5-4-6-35(16)25(2,3)10-15/h8-9,11,15-17H,4-7,10,12-13H2,1-3H3,(H2,28,29,30,31). The Balaban J connectivity index is 1.25. The summed E-state index contributed by atoms with van der Waals surface area (Å²) in [6, 6.07) is 3.33. The first-order valence-corrected chi connectivity index (χ1v) is 12.9. The summed E-state index contributed by atoms with van der Waals surface area (Å²) < 4.78 is 42.5. The zero-order valence-corrected chi connectivity index (χ0v) is 21.6. The minimum Gasteiger partial charge on any atom is -0.483 e. The van der Waals surface area contributed by atoms with Gasteiger partial charge in [-0.1, -0.05) is 0 Å². The Morgan fingerprint density at radius 3 is 2.76 bits per heavy atom. The fraction of sp³-hybridized carbons (Fsp3) is 0.560. The van der Waals surface area contributed by atoms with Crippen molar-refractivity contribution in [2.24, 2.45) is 0 Å². The number of anilines is 3. The van der Waals surface area contributed by atoms with Crippen LogP contribution in [-0.4, -0.2) is 78.6 Å². The van der Waals surface area contributed by atoms with Gasteiger partial charge < -0.3 is 20.1 Å². The highest BCUT2D eigenvalue weighted by atomic mass is 19.1. The maximum absolute atomic E-state index is 15.2. The first-order valence-electron chi connectivity index (χ1n) is 12.9. The van der Waals surface area contributed by atoms with Gasteiger partial charge in [-0.15, -0.1) is 5.10 Å². The molecule has 3 fully saturated rings. The Morgan fingerprint density at radius 1 is 1.18 bits per heavy atom. The number of hydrogen-bond acceptors (Lipinski definition) is 10. The molecule has 0 bridgehead atoms. The molecule has 38 heavy (non-hydrogen) atoms. The van der Waals surface area contributed by atoms with E-state index in [4.69, 9.17) is 9.47 Å². The van der Waals surface area contributed by atoms with Gasteiger partial charge in [0.05, 0.1) is 25.1 Å². The summed E-state index contributed by atoms with van der Waals surface area (Å²) in [5, 5.41) is 17.8. The van der Waals surface area contributed by atoms with Crippen LogP contribution >= 0.6 is 0 Å². The molecule has 3 aromatic rings. The van der Waals surface area contributed by atoms with E-state index in [1.165, 1.54) is 23.2 Å². The number of benzene rings is 1. The van der Waals surface area contributed by atoms with E-state index in [0.29, 0.717) is 30.8 Å². The summed E-state index contributed by atoms with van der Waals surface area (Å²) >= 11 is 0. The van der Waals surface area contributed by atoms with Crippen molar-refractivity contribution in [2.45, 2.75) is 70.2 Å². The molecule has 0 aliphatic carbocycles. The van der Waals surface area contributed by atoms with Gasteiger partial charge in [0.2, 0.25) is 5.95 Å². The van der Waals surface area contributed by atoms with Crippen LogP contribution in [0.4, 0.5) is 26.2 Å². The van der Waals surface area contributed by atoms with Crippen molar-refractivity contribution in [3.8, 4) is 11.4 Å². The number of piperidine rings is 1. The van der Waals surface area contributed by atoms with Gasteiger partial charge in [-0.3, -0.25) is 4.90 Å². The molecule has 202 valence electrons. The van der Waals surface area contributed by atoms with Gasteiger partial charge >= 0.3 is 0 Å². The second kappa shape index (κ2) is 9.70. The van der Waals surface area contributed by atoms with Crippen molar-refractivity contribution in [2.75, 3.05) is 30.4 Å². The molecule has 2 aromatic heterocycles. The summed E-state index contributed by atoms with van der Waals surface area (Å²) in [7, 11) is 0. The number of halogens is 2. The molecule has 2 atom stereocenters. The van der Waals surface area contributed by atoms with E-state index in [1.807, 2.05) is 0 Å². The molecule has 0 radical (unpaired) electrons. The number of aryl methyl sites for hydroxylation is 1. The average molecular weight is 528 g/mol. The van der Waals surface area contributed by atoms with Gasteiger partial charge in [0.25, 0.3) is 0 Å².